The highest BCUT2D eigenvalue weighted by Gasteiger charge is 2.21. The van der Waals surface area contributed by atoms with Gasteiger partial charge in [0, 0.05) is 5.39 Å². The Labute approximate surface area is 122 Å². The maximum absolute atomic E-state index is 12.0. The molecule has 0 saturated carbocycles. The number of ether oxygens (including phenoxy) is 1. The van der Waals surface area contributed by atoms with E-state index in [-0.39, 0.29) is 0 Å². The zero-order valence-electron chi connectivity index (χ0n) is 12.5. The summed E-state index contributed by atoms with van der Waals surface area (Å²) in [6.45, 7) is 6.96. The molecule has 0 aliphatic heterocycles. The molecule has 1 unspecified atom stereocenters. The van der Waals surface area contributed by atoms with Gasteiger partial charge >= 0.3 is 12.1 Å². The SMILES string of the molecule is CC(C(=O)O)c1ccc2c(cnn2C(=O)OC(C)(C)C)c1. The van der Waals surface area contributed by atoms with Crippen molar-refractivity contribution >= 4 is 23.0 Å². The molecule has 112 valence electrons. The normalized spacial score (nSPS) is 13.1. The Bertz CT molecular complexity index is 697. The molecular formula is C15H18N2O4. The molecule has 2 aromatic rings. The molecule has 0 radical (unpaired) electrons. The molecule has 0 aliphatic carbocycles. The molecule has 1 heterocycles. The number of carbonyl (C=O) groups excluding carboxylic acids is 1. The van der Waals surface area contributed by atoms with E-state index in [4.69, 9.17) is 9.84 Å². The van der Waals surface area contributed by atoms with E-state index in [2.05, 4.69) is 5.10 Å². The molecule has 0 aliphatic rings. The zero-order valence-corrected chi connectivity index (χ0v) is 12.5. The Kier molecular flexibility index (Phi) is 3.72. The van der Waals surface area contributed by atoms with Crippen LogP contribution >= 0.6 is 0 Å². The van der Waals surface area contributed by atoms with Crippen LogP contribution in [0.3, 0.4) is 0 Å². The Balaban J connectivity index is 2.38. The molecule has 6 heteroatoms. The van der Waals surface area contributed by atoms with Crippen molar-refractivity contribution < 1.29 is 19.4 Å². The van der Waals surface area contributed by atoms with E-state index in [1.807, 2.05) is 0 Å². The third-order valence-electron chi connectivity index (χ3n) is 3.03. The van der Waals surface area contributed by atoms with Crippen molar-refractivity contribution in [2.75, 3.05) is 0 Å². The minimum atomic E-state index is -0.895. The van der Waals surface area contributed by atoms with Gasteiger partial charge in [-0.2, -0.15) is 9.78 Å². The van der Waals surface area contributed by atoms with Gasteiger partial charge in [0.15, 0.2) is 0 Å². The van der Waals surface area contributed by atoms with E-state index in [0.29, 0.717) is 16.5 Å². The third-order valence-corrected chi connectivity index (χ3v) is 3.03. The van der Waals surface area contributed by atoms with Crippen LogP contribution in [0.5, 0.6) is 0 Å². The van der Waals surface area contributed by atoms with Crippen molar-refractivity contribution in [1.29, 1.82) is 0 Å². The second-order valence-corrected chi connectivity index (χ2v) is 5.91. The van der Waals surface area contributed by atoms with Crippen LogP contribution in [0.15, 0.2) is 24.4 Å². The van der Waals surface area contributed by atoms with Gasteiger partial charge in [0.25, 0.3) is 0 Å². The number of hydrogen-bond acceptors (Lipinski definition) is 4. The molecule has 1 N–H and O–H groups in total. The number of hydrogen-bond donors (Lipinski definition) is 1. The predicted octanol–water partition coefficient (Wildman–Crippen LogP) is 3.01. The number of benzene rings is 1. The second kappa shape index (κ2) is 5.20. The molecule has 0 fully saturated rings. The Morgan fingerprint density at radius 3 is 2.57 bits per heavy atom. The summed E-state index contributed by atoms with van der Waals surface area (Å²) in [7, 11) is 0. The van der Waals surface area contributed by atoms with Crippen LogP contribution in [0.25, 0.3) is 10.9 Å². The van der Waals surface area contributed by atoms with Crippen LogP contribution in [0.2, 0.25) is 0 Å². The molecular weight excluding hydrogens is 272 g/mol. The topological polar surface area (TPSA) is 81.4 Å². The van der Waals surface area contributed by atoms with Gasteiger partial charge in [-0.25, -0.2) is 4.79 Å². The van der Waals surface area contributed by atoms with E-state index in [1.54, 1.807) is 45.9 Å². The molecule has 0 saturated heterocycles. The van der Waals surface area contributed by atoms with Crippen molar-refractivity contribution in [3.8, 4) is 0 Å². The molecule has 21 heavy (non-hydrogen) atoms. The fraction of sp³-hybridized carbons (Fsp3) is 0.400. The van der Waals surface area contributed by atoms with E-state index < -0.39 is 23.6 Å². The number of carboxylic acid groups (broad SMARTS) is 1. The van der Waals surface area contributed by atoms with Gasteiger partial charge in [0.1, 0.15) is 5.60 Å². The van der Waals surface area contributed by atoms with Crippen LogP contribution in [0, 0.1) is 0 Å². The molecule has 0 amide bonds. The standard InChI is InChI=1S/C15H18N2O4/c1-9(13(18)19)10-5-6-12-11(7-10)8-16-17(12)14(20)21-15(2,3)4/h5-9H,1-4H3,(H,18,19). The van der Waals surface area contributed by atoms with Crippen LogP contribution < -0.4 is 0 Å². The summed E-state index contributed by atoms with van der Waals surface area (Å²) in [5, 5.41) is 13.8. The zero-order chi connectivity index (χ0) is 15.8. The quantitative estimate of drug-likeness (QED) is 0.919. The predicted molar refractivity (Wildman–Crippen MR) is 77.4 cm³/mol. The summed E-state index contributed by atoms with van der Waals surface area (Å²) in [6, 6.07) is 5.09. The minimum Gasteiger partial charge on any atom is -0.481 e. The maximum Gasteiger partial charge on any atom is 0.435 e. The highest BCUT2D eigenvalue weighted by molar-refractivity contribution is 5.89. The van der Waals surface area contributed by atoms with Crippen molar-refractivity contribution in [3.05, 3.63) is 30.0 Å². The summed E-state index contributed by atoms with van der Waals surface area (Å²) < 4.78 is 6.45. The third kappa shape index (κ3) is 3.21. The van der Waals surface area contributed by atoms with Crippen molar-refractivity contribution in [2.45, 2.75) is 39.2 Å². The van der Waals surface area contributed by atoms with Gasteiger partial charge < -0.3 is 9.84 Å². The first-order valence-electron chi connectivity index (χ1n) is 6.63. The van der Waals surface area contributed by atoms with Gasteiger partial charge in [-0.05, 0) is 45.4 Å². The number of aromatic nitrogens is 2. The van der Waals surface area contributed by atoms with E-state index in [1.165, 1.54) is 10.9 Å². The fourth-order valence-corrected chi connectivity index (χ4v) is 1.91. The Morgan fingerprint density at radius 1 is 1.33 bits per heavy atom. The number of carboxylic acids is 1. The average molecular weight is 290 g/mol. The highest BCUT2D eigenvalue weighted by Crippen LogP contribution is 2.22. The molecule has 1 aromatic heterocycles. The number of carbonyl (C=O) groups is 2. The van der Waals surface area contributed by atoms with Crippen LogP contribution in [-0.2, 0) is 9.53 Å². The molecule has 2 rings (SSSR count). The van der Waals surface area contributed by atoms with Crippen molar-refractivity contribution in [3.63, 3.8) is 0 Å². The van der Waals surface area contributed by atoms with Gasteiger partial charge in [0.2, 0.25) is 0 Å². The monoisotopic (exact) mass is 290 g/mol. The molecule has 0 bridgehead atoms. The molecule has 0 spiro atoms. The number of aliphatic carboxylic acids is 1. The van der Waals surface area contributed by atoms with Crippen molar-refractivity contribution in [1.82, 2.24) is 9.78 Å². The lowest BCUT2D eigenvalue weighted by atomic mass is 10.0. The summed E-state index contributed by atoms with van der Waals surface area (Å²) in [5.74, 6) is -1.51. The lowest BCUT2D eigenvalue weighted by Gasteiger charge is -2.19. The summed E-state index contributed by atoms with van der Waals surface area (Å²) >= 11 is 0. The van der Waals surface area contributed by atoms with Gasteiger partial charge in [-0.15, -0.1) is 0 Å². The number of nitrogens with zero attached hydrogens (tertiary/aromatic N) is 2. The maximum atomic E-state index is 12.0. The lowest BCUT2D eigenvalue weighted by Crippen LogP contribution is -2.27. The summed E-state index contributed by atoms with van der Waals surface area (Å²) in [6.07, 6.45) is 0.966. The van der Waals surface area contributed by atoms with E-state index in [0.717, 1.165) is 0 Å². The van der Waals surface area contributed by atoms with Gasteiger partial charge in [-0.1, -0.05) is 6.07 Å². The smallest absolute Gasteiger partial charge is 0.435 e. The first-order valence-corrected chi connectivity index (χ1v) is 6.63. The van der Waals surface area contributed by atoms with E-state index >= 15 is 0 Å². The molecule has 6 nitrogen and oxygen atoms in total. The van der Waals surface area contributed by atoms with Crippen LogP contribution in [0.4, 0.5) is 4.79 Å². The summed E-state index contributed by atoms with van der Waals surface area (Å²) in [5.41, 5.74) is 0.650. The Hall–Kier alpha value is -2.37. The van der Waals surface area contributed by atoms with Crippen molar-refractivity contribution in [2.24, 2.45) is 0 Å². The highest BCUT2D eigenvalue weighted by atomic mass is 16.6. The number of rotatable bonds is 2. The van der Waals surface area contributed by atoms with E-state index in [9.17, 15) is 9.59 Å². The fourth-order valence-electron chi connectivity index (χ4n) is 1.91. The van der Waals surface area contributed by atoms with Crippen LogP contribution in [0.1, 0.15) is 39.2 Å². The Morgan fingerprint density at radius 2 is 2.00 bits per heavy atom. The summed E-state index contributed by atoms with van der Waals surface area (Å²) in [4.78, 5) is 23.1. The molecule has 1 atom stereocenters. The average Bonchev–Trinajstić information content (AvgIpc) is 2.78. The van der Waals surface area contributed by atoms with Gasteiger partial charge in [0.05, 0.1) is 17.6 Å². The largest absolute Gasteiger partial charge is 0.481 e. The molecule has 1 aromatic carbocycles. The number of fused-ring (bicyclic) bond motifs is 1. The lowest BCUT2D eigenvalue weighted by molar-refractivity contribution is -0.138. The first kappa shape index (κ1) is 15.0. The van der Waals surface area contributed by atoms with Crippen LogP contribution in [-0.4, -0.2) is 32.6 Å². The second-order valence-electron chi connectivity index (χ2n) is 5.91. The first-order chi connectivity index (χ1) is 9.69. The van der Waals surface area contributed by atoms with Gasteiger partial charge in [-0.3, -0.25) is 4.79 Å². The minimum absolute atomic E-state index is 0.559.